The second-order valence-corrected chi connectivity index (χ2v) is 2.95. The largest absolute Gasteiger partial charge is 0.423 e. The summed E-state index contributed by atoms with van der Waals surface area (Å²) >= 11 is 5.77. The van der Waals surface area contributed by atoms with Crippen molar-refractivity contribution < 1.29 is 4.42 Å². The highest BCUT2D eigenvalue weighted by molar-refractivity contribution is 6.29. The highest BCUT2D eigenvalue weighted by atomic mass is 35.5. The zero-order valence-corrected chi connectivity index (χ0v) is 7.62. The maximum absolute atomic E-state index is 5.77. The molecule has 0 N–H and O–H groups in total. The number of halogens is 1. The van der Waals surface area contributed by atoms with Gasteiger partial charge >= 0.3 is 0 Å². The Hall–Kier alpha value is -1.42. The lowest BCUT2D eigenvalue weighted by Crippen LogP contribution is -1.85. The number of pyridine rings is 1. The fraction of sp³-hybridized carbons (Fsp3) is 0.125. The van der Waals surface area contributed by atoms with Crippen molar-refractivity contribution in [3.8, 4) is 11.5 Å². The molecule has 4 nitrogen and oxygen atoms in total. The van der Waals surface area contributed by atoms with Gasteiger partial charge in [-0.15, -0.1) is 10.2 Å². The monoisotopic (exact) mass is 195 g/mol. The van der Waals surface area contributed by atoms with Crippen molar-refractivity contribution in [3.63, 3.8) is 0 Å². The molecule has 2 aromatic rings. The lowest BCUT2D eigenvalue weighted by Gasteiger charge is -1.97. The summed E-state index contributed by atoms with van der Waals surface area (Å²) in [4.78, 5) is 4.02. The summed E-state index contributed by atoms with van der Waals surface area (Å²) in [6.45, 7) is 1.85. The standard InChI is InChI=1S/C8H6ClN3O/c1-5-2-6(3-7(9)11-5)8-12-10-4-13-8/h2-4H,1H3. The number of hydrogen-bond donors (Lipinski definition) is 0. The van der Waals surface area contributed by atoms with E-state index < -0.39 is 0 Å². The Morgan fingerprint density at radius 2 is 2.23 bits per heavy atom. The summed E-state index contributed by atoms with van der Waals surface area (Å²) < 4.78 is 5.02. The van der Waals surface area contributed by atoms with Crippen molar-refractivity contribution in [2.24, 2.45) is 0 Å². The van der Waals surface area contributed by atoms with Gasteiger partial charge in [0.05, 0.1) is 0 Å². The summed E-state index contributed by atoms with van der Waals surface area (Å²) in [6.07, 6.45) is 1.28. The van der Waals surface area contributed by atoms with Crippen molar-refractivity contribution in [1.82, 2.24) is 15.2 Å². The van der Waals surface area contributed by atoms with Gasteiger partial charge in [-0.3, -0.25) is 0 Å². The van der Waals surface area contributed by atoms with Crippen LogP contribution in [0, 0.1) is 6.92 Å². The van der Waals surface area contributed by atoms with E-state index in [2.05, 4.69) is 15.2 Å². The molecule has 0 amide bonds. The van der Waals surface area contributed by atoms with Crippen molar-refractivity contribution in [2.45, 2.75) is 6.92 Å². The predicted octanol–water partition coefficient (Wildman–Crippen LogP) is 2.09. The van der Waals surface area contributed by atoms with Crippen LogP contribution in [0.4, 0.5) is 0 Å². The Balaban J connectivity index is 2.53. The molecule has 0 aliphatic carbocycles. The van der Waals surface area contributed by atoms with Gasteiger partial charge < -0.3 is 4.42 Å². The van der Waals surface area contributed by atoms with E-state index in [1.54, 1.807) is 6.07 Å². The minimum atomic E-state index is 0.424. The van der Waals surface area contributed by atoms with E-state index in [0.29, 0.717) is 11.0 Å². The van der Waals surface area contributed by atoms with Gasteiger partial charge in [0.25, 0.3) is 0 Å². The molecule has 0 unspecified atom stereocenters. The first-order chi connectivity index (χ1) is 6.25. The van der Waals surface area contributed by atoms with Crippen molar-refractivity contribution in [1.29, 1.82) is 0 Å². The summed E-state index contributed by atoms with van der Waals surface area (Å²) in [7, 11) is 0. The first-order valence-corrected chi connectivity index (χ1v) is 4.04. The molecular formula is C8H6ClN3O. The van der Waals surface area contributed by atoms with Crippen LogP contribution in [0.1, 0.15) is 5.69 Å². The van der Waals surface area contributed by atoms with E-state index in [0.717, 1.165) is 11.3 Å². The Morgan fingerprint density at radius 1 is 1.38 bits per heavy atom. The lowest BCUT2D eigenvalue weighted by atomic mass is 10.2. The first kappa shape index (κ1) is 8.19. The normalized spacial score (nSPS) is 10.3. The minimum absolute atomic E-state index is 0.424. The molecule has 0 saturated carbocycles. The third kappa shape index (κ3) is 1.67. The van der Waals surface area contributed by atoms with Crippen LogP contribution in [0.3, 0.4) is 0 Å². The quantitative estimate of drug-likeness (QED) is 0.654. The van der Waals surface area contributed by atoms with E-state index >= 15 is 0 Å². The number of hydrogen-bond acceptors (Lipinski definition) is 4. The lowest BCUT2D eigenvalue weighted by molar-refractivity contribution is 0.568. The molecule has 0 radical (unpaired) electrons. The van der Waals surface area contributed by atoms with Crippen LogP contribution in [0.5, 0.6) is 0 Å². The summed E-state index contributed by atoms with van der Waals surface area (Å²) in [5, 5.41) is 7.77. The highest BCUT2D eigenvalue weighted by Gasteiger charge is 2.05. The second kappa shape index (κ2) is 3.14. The Bertz CT molecular complexity index is 393. The van der Waals surface area contributed by atoms with Crippen LogP contribution in [0.25, 0.3) is 11.5 Å². The highest BCUT2D eigenvalue weighted by Crippen LogP contribution is 2.19. The summed E-state index contributed by atoms with van der Waals surface area (Å²) in [5.74, 6) is 0.451. The van der Waals surface area contributed by atoms with E-state index in [1.807, 2.05) is 13.0 Å². The fourth-order valence-electron chi connectivity index (χ4n) is 1.05. The van der Waals surface area contributed by atoms with Crippen LogP contribution in [0.2, 0.25) is 5.15 Å². The number of rotatable bonds is 1. The van der Waals surface area contributed by atoms with Gasteiger partial charge in [-0.1, -0.05) is 11.6 Å². The number of aryl methyl sites for hydroxylation is 1. The van der Waals surface area contributed by atoms with E-state index in [-0.39, 0.29) is 0 Å². The van der Waals surface area contributed by atoms with E-state index in [9.17, 15) is 0 Å². The van der Waals surface area contributed by atoms with Crippen LogP contribution in [-0.4, -0.2) is 15.2 Å². The maximum Gasteiger partial charge on any atom is 0.247 e. The minimum Gasteiger partial charge on any atom is -0.423 e. The fourth-order valence-corrected chi connectivity index (χ4v) is 1.30. The zero-order chi connectivity index (χ0) is 9.26. The van der Waals surface area contributed by atoms with Gasteiger partial charge in [0, 0.05) is 11.3 Å². The molecular weight excluding hydrogens is 190 g/mol. The first-order valence-electron chi connectivity index (χ1n) is 3.66. The smallest absolute Gasteiger partial charge is 0.247 e. The molecule has 5 heteroatoms. The molecule has 0 aliphatic heterocycles. The van der Waals surface area contributed by atoms with Crippen LogP contribution in [-0.2, 0) is 0 Å². The Labute approximate surface area is 79.6 Å². The average molecular weight is 196 g/mol. The third-order valence-electron chi connectivity index (χ3n) is 1.53. The Kier molecular flexibility index (Phi) is 1.98. The molecule has 0 bridgehead atoms. The molecule has 0 atom stereocenters. The molecule has 2 rings (SSSR count). The van der Waals surface area contributed by atoms with E-state index in [4.69, 9.17) is 16.0 Å². The number of aromatic nitrogens is 3. The molecule has 0 spiro atoms. The van der Waals surface area contributed by atoms with E-state index in [1.165, 1.54) is 6.39 Å². The molecule has 2 aromatic heterocycles. The zero-order valence-electron chi connectivity index (χ0n) is 6.86. The van der Waals surface area contributed by atoms with Gasteiger partial charge in [0.2, 0.25) is 12.3 Å². The van der Waals surface area contributed by atoms with Gasteiger partial charge in [0.1, 0.15) is 5.15 Å². The van der Waals surface area contributed by atoms with Crippen LogP contribution >= 0.6 is 11.6 Å². The van der Waals surface area contributed by atoms with Crippen LogP contribution < -0.4 is 0 Å². The van der Waals surface area contributed by atoms with Gasteiger partial charge in [-0.25, -0.2) is 4.98 Å². The third-order valence-corrected chi connectivity index (χ3v) is 1.72. The second-order valence-electron chi connectivity index (χ2n) is 2.56. The SMILES string of the molecule is Cc1cc(-c2nnco2)cc(Cl)n1. The summed E-state index contributed by atoms with van der Waals surface area (Å²) in [6, 6.07) is 3.52. The average Bonchev–Trinajstić information content (AvgIpc) is 2.53. The maximum atomic E-state index is 5.77. The summed E-state index contributed by atoms with van der Waals surface area (Å²) in [5.41, 5.74) is 1.61. The Morgan fingerprint density at radius 3 is 2.85 bits per heavy atom. The van der Waals surface area contributed by atoms with Gasteiger partial charge in [-0.05, 0) is 19.1 Å². The molecule has 0 fully saturated rings. The van der Waals surface area contributed by atoms with Gasteiger partial charge in [0.15, 0.2) is 0 Å². The van der Waals surface area contributed by atoms with Gasteiger partial charge in [-0.2, -0.15) is 0 Å². The molecule has 2 heterocycles. The molecule has 66 valence electrons. The molecule has 0 aliphatic rings. The predicted molar refractivity (Wildman–Crippen MR) is 47.3 cm³/mol. The topological polar surface area (TPSA) is 51.8 Å². The van der Waals surface area contributed by atoms with Crippen molar-refractivity contribution >= 4 is 11.6 Å². The van der Waals surface area contributed by atoms with Crippen molar-refractivity contribution in [3.05, 3.63) is 29.4 Å². The van der Waals surface area contributed by atoms with Crippen molar-refractivity contribution in [2.75, 3.05) is 0 Å². The molecule has 13 heavy (non-hydrogen) atoms. The molecule has 0 saturated heterocycles. The van der Waals surface area contributed by atoms with Crippen LogP contribution in [0.15, 0.2) is 22.9 Å². The molecule has 0 aromatic carbocycles. The number of nitrogens with zero attached hydrogens (tertiary/aromatic N) is 3.